The van der Waals surface area contributed by atoms with Gasteiger partial charge in [0.25, 0.3) is 0 Å². The maximum atomic E-state index is 2.49. The molecule has 3 aliphatic heterocycles. The Bertz CT molecular complexity index is 728. The van der Waals surface area contributed by atoms with Gasteiger partial charge in [0, 0.05) is 27.2 Å². The van der Waals surface area contributed by atoms with Crippen LogP contribution >= 0.6 is 70.6 Å². The third-order valence-electron chi connectivity index (χ3n) is 4.52. The summed E-state index contributed by atoms with van der Waals surface area (Å²) >= 11 is 12.2. The zero-order chi connectivity index (χ0) is 16.6. The lowest BCUT2D eigenvalue weighted by atomic mass is 10.0. The highest BCUT2D eigenvalue weighted by molar-refractivity contribution is 8.41. The molecular formula is C19H18S6. The van der Waals surface area contributed by atoms with Crippen LogP contribution in [-0.2, 0) is 0 Å². The largest absolute Gasteiger partial charge is 0.116 e. The highest BCUT2D eigenvalue weighted by Crippen LogP contribution is 2.61. The first-order chi connectivity index (χ1) is 12.4. The van der Waals surface area contributed by atoms with Crippen molar-refractivity contribution in [2.75, 3.05) is 11.5 Å². The molecule has 3 heterocycles. The second-order valence-corrected chi connectivity index (χ2v) is 13.8. The van der Waals surface area contributed by atoms with Crippen LogP contribution in [0, 0.1) is 5.92 Å². The van der Waals surface area contributed by atoms with Crippen LogP contribution in [0.4, 0.5) is 0 Å². The van der Waals surface area contributed by atoms with E-state index < -0.39 is 0 Å². The summed E-state index contributed by atoms with van der Waals surface area (Å²) in [6, 6.07) is 0. The summed E-state index contributed by atoms with van der Waals surface area (Å²) in [6.07, 6.45) is 16.9. The zero-order valence-corrected chi connectivity index (χ0v) is 18.6. The number of hydrogen-bond donors (Lipinski definition) is 0. The van der Waals surface area contributed by atoms with Gasteiger partial charge in [-0.2, -0.15) is 0 Å². The second kappa shape index (κ2) is 7.88. The SMILES string of the molecule is C1=CC(C(C=C2SC3=C(SCCS3)S2)=C2SC3=C(CCCC3)S2)C=C1. The van der Waals surface area contributed by atoms with Crippen molar-refractivity contribution in [3.05, 3.63) is 62.7 Å². The van der Waals surface area contributed by atoms with Gasteiger partial charge in [0.05, 0.1) is 16.9 Å². The van der Waals surface area contributed by atoms with E-state index in [1.807, 2.05) is 47.0 Å². The molecule has 0 radical (unpaired) electrons. The lowest BCUT2D eigenvalue weighted by Crippen LogP contribution is -1.95. The van der Waals surface area contributed by atoms with Crippen LogP contribution in [0.25, 0.3) is 0 Å². The van der Waals surface area contributed by atoms with Crippen molar-refractivity contribution < 1.29 is 0 Å². The van der Waals surface area contributed by atoms with Crippen LogP contribution in [-0.4, -0.2) is 11.5 Å². The molecule has 0 fully saturated rings. The van der Waals surface area contributed by atoms with Gasteiger partial charge in [-0.1, -0.05) is 71.4 Å². The molecule has 0 unspecified atom stereocenters. The van der Waals surface area contributed by atoms with E-state index in [1.165, 1.54) is 51.2 Å². The van der Waals surface area contributed by atoms with Crippen LogP contribution in [0.1, 0.15) is 25.7 Å². The predicted octanol–water partition coefficient (Wildman–Crippen LogP) is 8.13. The molecule has 130 valence electrons. The van der Waals surface area contributed by atoms with Crippen LogP contribution in [0.5, 0.6) is 0 Å². The quantitative estimate of drug-likeness (QED) is 0.423. The fourth-order valence-electron chi connectivity index (χ4n) is 3.28. The highest BCUT2D eigenvalue weighted by Gasteiger charge is 2.29. The molecule has 0 aromatic heterocycles. The number of rotatable bonds is 2. The van der Waals surface area contributed by atoms with Crippen molar-refractivity contribution in [3.8, 4) is 0 Å². The van der Waals surface area contributed by atoms with Crippen LogP contribution in [0.3, 0.4) is 0 Å². The van der Waals surface area contributed by atoms with Crippen LogP contribution < -0.4 is 0 Å². The fourth-order valence-corrected chi connectivity index (χ4v) is 12.2. The Morgan fingerprint density at radius 3 is 2.04 bits per heavy atom. The normalized spacial score (nSPS) is 25.9. The minimum absolute atomic E-state index is 0.447. The first-order valence-corrected chi connectivity index (χ1v) is 13.8. The Kier molecular flexibility index (Phi) is 5.56. The van der Waals surface area contributed by atoms with Gasteiger partial charge >= 0.3 is 0 Å². The summed E-state index contributed by atoms with van der Waals surface area (Å²) in [4.78, 5) is 3.31. The van der Waals surface area contributed by atoms with Crippen molar-refractivity contribution >= 4 is 70.6 Å². The molecule has 0 N–H and O–H groups in total. The fraction of sp³-hybridized carbons (Fsp3) is 0.368. The maximum absolute atomic E-state index is 2.49. The van der Waals surface area contributed by atoms with E-state index in [2.05, 4.69) is 53.9 Å². The number of hydrogen-bond acceptors (Lipinski definition) is 6. The molecule has 0 aromatic rings. The maximum Gasteiger partial charge on any atom is 0.0660 e. The van der Waals surface area contributed by atoms with Gasteiger partial charge in [-0.15, -0.1) is 23.5 Å². The van der Waals surface area contributed by atoms with Gasteiger partial charge < -0.3 is 0 Å². The van der Waals surface area contributed by atoms with Crippen molar-refractivity contribution in [2.24, 2.45) is 5.92 Å². The molecule has 2 aliphatic carbocycles. The van der Waals surface area contributed by atoms with Crippen molar-refractivity contribution in [3.63, 3.8) is 0 Å². The summed E-state index contributed by atoms with van der Waals surface area (Å²) in [6.45, 7) is 0. The van der Waals surface area contributed by atoms with Crippen molar-refractivity contribution in [2.45, 2.75) is 25.7 Å². The lowest BCUT2D eigenvalue weighted by Gasteiger charge is -2.12. The predicted molar refractivity (Wildman–Crippen MR) is 125 cm³/mol. The number of thioether (sulfide) groups is 6. The molecule has 6 heteroatoms. The topological polar surface area (TPSA) is 0 Å². The van der Waals surface area contributed by atoms with Gasteiger partial charge in [0.15, 0.2) is 0 Å². The summed E-state index contributed by atoms with van der Waals surface area (Å²) < 4.78 is 6.08. The average Bonchev–Trinajstić information content (AvgIpc) is 3.37. The zero-order valence-electron chi connectivity index (χ0n) is 13.7. The van der Waals surface area contributed by atoms with E-state index in [4.69, 9.17) is 0 Å². The lowest BCUT2D eigenvalue weighted by molar-refractivity contribution is 0.718. The van der Waals surface area contributed by atoms with E-state index in [0.717, 1.165) is 0 Å². The minimum atomic E-state index is 0.447. The third kappa shape index (κ3) is 3.77. The summed E-state index contributed by atoms with van der Waals surface area (Å²) in [5.74, 6) is 2.96. The Morgan fingerprint density at radius 2 is 1.44 bits per heavy atom. The Hall–Kier alpha value is 0.540. The van der Waals surface area contributed by atoms with Crippen LogP contribution in [0.15, 0.2) is 62.7 Å². The van der Waals surface area contributed by atoms with Crippen molar-refractivity contribution in [1.82, 2.24) is 0 Å². The summed E-state index contributed by atoms with van der Waals surface area (Å²) in [5, 5.41) is 0. The van der Waals surface area contributed by atoms with E-state index in [-0.39, 0.29) is 0 Å². The van der Waals surface area contributed by atoms with Gasteiger partial charge in [-0.05, 0) is 37.3 Å². The monoisotopic (exact) mass is 438 g/mol. The van der Waals surface area contributed by atoms with Gasteiger partial charge in [-0.25, -0.2) is 0 Å². The van der Waals surface area contributed by atoms with E-state index in [1.54, 1.807) is 18.3 Å². The van der Waals surface area contributed by atoms with Gasteiger partial charge in [0.2, 0.25) is 0 Å². The molecular weight excluding hydrogens is 421 g/mol. The Balaban J connectivity index is 1.44. The number of allylic oxidation sites excluding steroid dienone is 8. The third-order valence-corrected chi connectivity index (χ3v) is 13.0. The Morgan fingerprint density at radius 1 is 0.840 bits per heavy atom. The molecule has 0 aromatic carbocycles. The average molecular weight is 439 g/mol. The van der Waals surface area contributed by atoms with Gasteiger partial charge in [0.1, 0.15) is 0 Å². The van der Waals surface area contributed by atoms with E-state index in [0.29, 0.717) is 5.92 Å². The minimum Gasteiger partial charge on any atom is -0.116 e. The van der Waals surface area contributed by atoms with E-state index in [9.17, 15) is 0 Å². The molecule has 0 saturated carbocycles. The summed E-state index contributed by atoms with van der Waals surface area (Å²) in [5.41, 5.74) is 1.51. The van der Waals surface area contributed by atoms with Gasteiger partial charge in [-0.3, -0.25) is 0 Å². The molecule has 25 heavy (non-hydrogen) atoms. The van der Waals surface area contributed by atoms with Crippen molar-refractivity contribution in [1.29, 1.82) is 0 Å². The molecule has 0 amide bonds. The molecule has 0 nitrogen and oxygen atoms in total. The molecule has 5 rings (SSSR count). The first kappa shape index (κ1) is 17.6. The van der Waals surface area contributed by atoms with Crippen LogP contribution in [0.2, 0.25) is 0 Å². The standard InChI is InChI=1S/C19H18S6/c1-2-6-12(5-1)13(17-22-14-7-3-4-8-15(14)23-17)11-16-24-18-19(25-16)21-10-9-20-18/h1-2,5-6,11-12H,3-4,7-10H2. The molecule has 0 saturated heterocycles. The molecule has 0 spiro atoms. The van der Waals surface area contributed by atoms with E-state index >= 15 is 0 Å². The molecule has 5 aliphatic rings. The first-order valence-electron chi connectivity index (χ1n) is 8.61. The summed E-state index contributed by atoms with van der Waals surface area (Å²) in [7, 11) is 0. The smallest absolute Gasteiger partial charge is 0.0660 e. The molecule has 0 atom stereocenters. The highest BCUT2D eigenvalue weighted by atomic mass is 32.3. The molecule has 0 bridgehead atoms. The Labute approximate surface area is 175 Å². The second-order valence-electron chi connectivity index (χ2n) is 6.24.